The second kappa shape index (κ2) is 3.65. The van der Waals surface area contributed by atoms with Crippen LogP contribution < -0.4 is 0 Å². The van der Waals surface area contributed by atoms with Crippen molar-refractivity contribution < 1.29 is 9.47 Å². The molecule has 2 nitrogen and oxygen atoms in total. The summed E-state index contributed by atoms with van der Waals surface area (Å²) in [7, 11) is 0. The van der Waals surface area contributed by atoms with Crippen molar-refractivity contribution in [1.29, 1.82) is 0 Å². The summed E-state index contributed by atoms with van der Waals surface area (Å²) in [6.07, 6.45) is 2.72. The van der Waals surface area contributed by atoms with Crippen molar-refractivity contribution in [3.8, 4) is 0 Å². The first-order valence-corrected chi connectivity index (χ1v) is 7.67. The van der Waals surface area contributed by atoms with Crippen LogP contribution in [-0.4, -0.2) is 18.0 Å². The fourth-order valence-electron chi connectivity index (χ4n) is 4.71. The van der Waals surface area contributed by atoms with Gasteiger partial charge in [-0.25, -0.2) is 0 Å². The molecule has 3 rings (SSSR count). The molecule has 1 unspecified atom stereocenters. The van der Waals surface area contributed by atoms with Crippen molar-refractivity contribution in [1.82, 2.24) is 0 Å². The number of allylic oxidation sites excluding steroid dienone is 1. The Morgan fingerprint density at radius 3 is 2.21 bits per heavy atom. The summed E-state index contributed by atoms with van der Waals surface area (Å²) in [5, 5.41) is 0. The van der Waals surface area contributed by atoms with Crippen LogP contribution in [0.1, 0.15) is 61.3 Å². The third-order valence-electron chi connectivity index (χ3n) is 6.11. The van der Waals surface area contributed by atoms with Crippen LogP contribution >= 0.6 is 0 Å². The number of rotatable bonds is 0. The number of fused-ring (bicyclic) bond motifs is 2. The van der Waals surface area contributed by atoms with Crippen molar-refractivity contribution in [3.05, 3.63) is 11.1 Å². The Hall–Kier alpha value is -0.340. The van der Waals surface area contributed by atoms with Crippen molar-refractivity contribution in [2.24, 2.45) is 16.7 Å². The van der Waals surface area contributed by atoms with E-state index in [4.69, 9.17) is 9.47 Å². The molecule has 3 atom stereocenters. The highest BCUT2D eigenvalue weighted by Gasteiger charge is 2.58. The van der Waals surface area contributed by atoms with Crippen LogP contribution in [0.5, 0.6) is 0 Å². The molecule has 1 aliphatic heterocycles. The highest BCUT2D eigenvalue weighted by atomic mass is 16.7. The van der Waals surface area contributed by atoms with E-state index in [9.17, 15) is 0 Å². The molecular formula is C17H28O2. The molecule has 108 valence electrons. The molecule has 1 heterocycles. The molecule has 0 saturated carbocycles. The van der Waals surface area contributed by atoms with Gasteiger partial charge in [-0.3, -0.25) is 0 Å². The number of ether oxygens (including phenoxy) is 2. The molecule has 3 aliphatic rings. The summed E-state index contributed by atoms with van der Waals surface area (Å²) in [6, 6.07) is 0. The lowest BCUT2D eigenvalue weighted by atomic mass is 9.69. The molecule has 0 aromatic heterocycles. The molecule has 0 amide bonds. The Balaban J connectivity index is 2.08. The van der Waals surface area contributed by atoms with E-state index in [1.807, 2.05) is 13.8 Å². The fourth-order valence-corrected chi connectivity index (χ4v) is 4.71. The topological polar surface area (TPSA) is 18.5 Å². The first kappa shape index (κ1) is 13.6. The van der Waals surface area contributed by atoms with Crippen LogP contribution in [0.25, 0.3) is 0 Å². The molecule has 1 saturated heterocycles. The fraction of sp³-hybridized carbons (Fsp3) is 0.882. The van der Waals surface area contributed by atoms with E-state index in [1.165, 1.54) is 6.42 Å². The highest BCUT2D eigenvalue weighted by Crippen LogP contribution is 2.62. The van der Waals surface area contributed by atoms with Crippen LogP contribution in [0.2, 0.25) is 0 Å². The largest absolute Gasteiger partial charge is 0.344 e. The van der Waals surface area contributed by atoms with Gasteiger partial charge in [-0.15, -0.1) is 0 Å². The average Bonchev–Trinajstić information content (AvgIpc) is 2.65. The van der Waals surface area contributed by atoms with E-state index >= 15 is 0 Å². The van der Waals surface area contributed by atoms with Gasteiger partial charge in [0, 0.05) is 0 Å². The third kappa shape index (κ3) is 1.69. The maximum atomic E-state index is 6.26. The predicted molar refractivity (Wildman–Crippen MR) is 76.8 cm³/mol. The van der Waals surface area contributed by atoms with Gasteiger partial charge in [0.1, 0.15) is 6.10 Å². The van der Waals surface area contributed by atoms with Crippen LogP contribution in [0.4, 0.5) is 0 Å². The molecule has 0 spiro atoms. The average molecular weight is 264 g/mol. The van der Waals surface area contributed by atoms with Gasteiger partial charge in [0.25, 0.3) is 0 Å². The minimum absolute atomic E-state index is 0.179. The molecule has 0 aromatic carbocycles. The third-order valence-corrected chi connectivity index (χ3v) is 6.11. The summed E-state index contributed by atoms with van der Waals surface area (Å²) in [5.74, 6) is 0.222. The first-order chi connectivity index (χ1) is 8.57. The summed E-state index contributed by atoms with van der Waals surface area (Å²) in [5.41, 5.74) is 3.70. The molecule has 0 bridgehead atoms. The summed E-state index contributed by atoms with van der Waals surface area (Å²) in [4.78, 5) is 0. The molecule has 0 N–H and O–H groups in total. The van der Waals surface area contributed by atoms with Crippen molar-refractivity contribution in [3.63, 3.8) is 0 Å². The normalized spacial score (nSPS) is 42.2. The quantitative estimate of drug-likeness (QED) is 0.607. The molecular weight excluding hydrogens is 236 g/mol. The minimum Gasteiger partial charge on any atom is -0.344 e. The maximum Gasteiger partial charge on any atom is 0.164 e. The Morgan fingerprint density at radius 2 is 1.58 bits per heavy atom. The van der Waals surface area contributed by atoms with E-state index in [0.29, 0.717) is 11.3 Å². The first-order valence-electron chi connectivity index (χ1n) is 7.67. The zero-order valence-electron chi connectivity index (χ0n) is 13.5. The summed E-state index contributed by atoms with van der Waals surface area (Å²) in [6.45, 7) is 16.1. The summed E-state index contributed by atoms with van der Waals surface area (Å²) >= 11 is 0. The van der Waals surface area contributed by atoms with Crippen LogP contribution in [-0.2, 0) is 9.47 Å². The number of hydrogen-bond donors (Lipinski definition) is 0. The van der Waals surface area contributed by atoms with Gasteiger partial charge in [0.15, 0.2) is 5.79 Å². The van der Waals surface area contributed by atoms with Crippen LogP contribution in [0.3, 0.4) is 0 Å². The Morgan fingerprint density at radius 1 is 0.947 bits per heavy atom. The van der Waals surface area contributed by atoms with E-state index in [-0.39, 0.29) is 17.6 Å². The number of hydrogen-bond acceptors (Lipinski definition) is 2. The highest BCUT2D eigenvalue weighted by molar-refractivity contribution is 5.40. The Kier molecular flexibility index (Phi) is 2.62. The molecule has 2 aliphatic carbocycles. The van der Waals surface area contributed by atoms with Crippen molar-refractivity contribution in [2.75, 3.05) is 0 Å². The second-order valence-corrected chi connectivity index (χ2v) is 8.19. The molecule has 2 heteroatoms. The smallest absolute Gasteiger partial charge is 0.164 e. The zero-order chi connectivity index (χ0) is 14.2. The van der Waals surface area contributed by atoms with E-state index in [2.05, 4.69) is 34.6 Å². The molecule has 0 radical (unpaired) electrons. The van der Waals surface area contributed by atoms with Crippen molar-refractivity contribution >= 4 is 0 Å². The lowest BCUT2D eigenvalue weighted by Crippen LogP contribution is -2.35. The van der Waals surface area contributed by atoms with Crippen LogP contribution in [0.15, 0.2) is 11.1 Å². The lowest BCUT2D eigenvalue weighted by Gasteiger charge is -2.36. The Labute approximate surface area is 117 Å². The SMILES string of the molecule is C[C@H]1C(C)(C)C2=C([C@@H]3OC(C)(C)OC3CC2)C1(C)C. The summed E-state index contributed by atoms with van der Waals surface area (Å²) < 4.78 is 12.4. The van der Waals surface area contributed by atoms with Crippen LogP contribution in [0, 0.1) is 16.7 Å². The van der Waals surface area contributed by atoms with E-state index < -0.39 is 5.79 Å². The van der Waals surface area contributed by atoms with Gasteiger partial charge < -0.3 is 9.47 Å². The van der Waals surface area contributed by atoms with Gasteiger partial charge in [0.2, 0.25) is 0 Å². The van der Waals surface area contributed by atoms with Gasteiger partial charge >= 0.3 is 0 Å². The Bertz CT molecular complexity index is 442. The monoisotopic (exact) mass is 264 g/mol. The standard InChI is InChI=1S/C17H28O2/c1-10-15(2,3)11-8-9-12-14(13(11)16(10,4)5)19-17(6,7)18-12/h10,12,14H,8-9H2,1-7H3/t10-,12?,14+/m0/s1. The minimum atomic E-state index is -0.427. The molecule has 0 aromatic rings. The van der Waals surface area contributed by atoms with Crippen molar-refractivity contribution in [2.45, 2.75) is 79.3 Å². The van der Waals surface area contributed by atoms with E-state index in [0.717, 1.165) is 6.42 Å². The zero-order valence-corrected chi connectivity index (χ0v) is 13.5. The lowest BCUT2D eigenvalue weighted by molar-refractivity contribution is -0.144. The van der Waals surface area contributed by atoms with E-state index in [1.54, 1.807) is 11.1 Å². The molecule has 19 heavy (non-hydrogen) atoms. The maximum absolute atomic E-state index is 6.26. The van der Waals surface area contributed by atoms with Gasteiger partial charge in [-0.2, -0.15) is 0 Å². The van der Waals surface area contributed by atoms with Gasteiger partial charge in [0.05, 0.1) is 6.10 Å². The van der Waals surface area contributed by atoms with Gasteiger partial charge in [-0.1, -0.05) is 40.2 Å². The molecule has 1 fully saturated rings. The predicted octanol–water partition coefficient (Wildman–Crippen LogP) is 4.30. The van der Waals surface area contributed by atoms with Gasteiger partial charge in [-0.05, 0) is 49.0 Å². The second-order valence-electron chi connectivity index (χ2n) is 8.19.